The van der Waals surface area contributed by atoms with Gasteiger partial charge < -0.3 is 25.4 Å². The quantitative estimate of drug-likeness (QED) is 0.101. The average Bonchev–Trinajstić information content (AvgIpc) is 3.11. The topological polar surface area (TPSA) is 312 Å². The van der Waals surface area contributed by atoms with Crippen LogP contribution in [0.2, 0.25) is 0 Å². The van der Waals surface area contributed by atoms with E-state index in [0.29, 0.717) is 0 Å². The van der Waals surface area contributed by atoms with Gasteiger partial charge >= 0.3 is 20.8 Å². The molecule has 0 aliphatic rings. The molecule has 0 saturated carbocycles. The zero-order valence-corrected chi connectivity index (χ0v) is 29.9. The number of nitrogens with one attached hydrogen (secondary N) is 4. The second kappa shape index (κ2) is 21.2. The van der Waals surface area contributed by atoms with E-state index in [1.807, 2.05) is 121 Å². The van der Waals surface area contributed by atoms with Crippen LogP contribution in [0.25, 0.3) is 43.6 Å². The van der Waals surface area contributed by atoms with Gasteiger partial charge in [0, 0.05) is 46.3 Å². The van der Waals surface area contributed by atoms with Gasteiger partial charge in [-0.25, -0.2) is 0 Å². The summed E-state index contributed by atoms with van der Waals surface area (Å²) >= 11 is 0. The van der Waals surface area contributed by atoms with Crippen molar-refractivity contribution in [3.63, 3.8) is 0 Å². The van der Waals surface area contributed by atoms with Crippen LogP contribution in [0, 0.1) is 0 Å². The third-order valence-electron chi connectivity index (χ3n) is 6.53. The molecule has 0 aliphatic carbocycles. The molecule has 4 aromatic carbocycles. The SMILES string of the molecule is O.O=S(=O)(O)O.O=S(=O)(O)O.O=c1ccc2ccccc2[nH]1.O=c1ccc2ccccc2[nH]1.O=c1ccc2ccccc2[nH]1.O=c1ccc2ccccc2[nH]1. The Morgan fingerprint density at radius 3 is 0.655 bits per heavy atom. The van der Waals surface area contributed by atoms with E-state index in [4.69, 9.17) is 35.0 Å². The fourth-order valence-corrected chi connectivity index (χ4v) is 4.38. The number of aromatic nitrogens is 4. The Morgan fingerprint density at radius 2 is 0.473 bits per heavy atom. The smallest absolute Gasteiger partial charge is 0.394 e. The monoisotopic (exact) mass is 794 g/mol. The van der Waals surface area contributed by atoms with E-state index >= 15 is 0 Å². The van der Waals surface area contributed by atoms with Crippen molar-refractivity contribution in [1.29, 1.82) is 0 Å². The number of rotatable bonds is 0. The lowest BCUT2D eigenvalue weighted by molar-refractivity contribution is 0.378. The van der Waals surface area contributed by atoms with Gasteiger partial charge in [0.1, 0.15) is 0 Å². The summed E-state index contributed by atoms with van der Waals surface area (Å²) in [6.45, 7) is 0. The summed E-state index contributed by atoms with van der Waals surface area (Å²) in [5, 5.41) is 4.25. The molecule has 288 valence electrons. The van der Waals surface area contributed by atoms with Gasteiger partial charge in [-0.05, 0) is 70.1 Å². The summed E-state index contributed by atoms with van der Waals surface area (Å²) < 4.78 is 63.2. The number of para-hydroxylation sites is 4. The Labute approximate surface area is 311 Å². The number of H-pyrrole nitrogens is 4. The molecule has 0 aliphatic heterocycles. The Kier molecular flexibility index (Phi) is 17.2. The standard InChI is InChI=1S/4C9H7NO.2H2O4S.H2O/c4*11-9-6-5-7-3-1-2-4-8(7)10-9;2*1-5(2,3)4;/h4*1-6H,(H,10,11);2*(H2,1,2,3,4);1H2. The van der Waals surface area contributed by atoms with E-state index in [0.717, 1.165) is 43.6 Å². The zero-order chi connectivity index (χ0) is 39.7. The molecule has 0 atom stereocenters. The summed E-state index contributed by atoms with van der Waals surface area (Å²) in [6.07, 6.45) is 0. The number of aromatic amines is 4. The van der Waals surface area contributed by atoms with Gasteiger partial charge in [0.25, 0.3) is 0 Å². The van der Waals surface area contributed by atoms with Crippen molar-refractivity contribution in [2.45, 2.75) is 0 Å². The lowest BCUT2D eigenvalue weighted by Gasteiger charge is -1.93. The molecule has 8 rings (SSSR count). The first-order chi connectivity index (χ1) is 25.4. The maximum atomic E-state index is 10.8. The first-order valence-electron chi connectivity index (χ1n) is 15.2. The average molecular weight is 795 g/mol. The van der Waals surface area contributed by atoms with Crippen LogP contribution in [0.15, 0.2) is 165 Å². The van der Waals surface area contributed by atoms with Gasteiger partial charge in [-0.1, -0.05) is 72.8 Å². The van der Waals surface area contributed by atoms with Gasteiger partial charge in [-0.15, -0.1) is 0 Å². The Bertz CT molecular complexity index is 2540. The van der Waals surface area contributed by atoms with Crippen LogP contribution in [0.4, 0.5) is 0 Å². The molecular formula is C36H34N4O13S2. The molecule has 0 radical (unpaired) electrons. The fraction of sp³-hybridized carbons (Fsp3) is 0. The molecule has 0 bridgehead atoms. The molecule has 0 spiro atoms. The zero-order valence-electron chi connectivity index (χ0n) is 28.2. The van der Waals surface area contributed by atoms with Crippen molar-refractivity contribution in [3.8, 4) is 0 Å². The summed E-state index contributed by atoms with van der Waals surface area (Å²) in [6, 6.07) is 44.2. The molecule has 0 fully saturated rings. The highest BCUT2D eigenvalue weighted by atomic mass is 32.3. The molecule has 8 aromatic rings. The van der Waals surface area contributed by atoms with E-state index in [1.54, 1.807) is 0 Å². The minimum absolute atomic E-state index is 0. The molecular weight excluding hydrogens is 761 g/mol. The van der Waals surface area contributed by atoms with Crippen LogP contribution in [0.5, 0.6) is 0 Å². The van der Waals surface area contributed by atoms with Crippen LogP contribution < -0.4 is 22.2 Å². The Hall–Kier alpha value is -6.58. The van der Waals surface area contributed by atoms with Gasteiger partial charge in [0.2, 0.25) is 22.2 Å². The third kappa shape index (κ3) is 18.1. The molecule has 0 saturated heterocycles. The lowest BCUT2D eigenvalue weighted by atomic mass is 10.2. The fourth-order valence-electron chi connectivity index (χ4n) is 4.38. The highest BCUT2D eigenvalue weighted by Gasteiger charge is 1.92. The van der Waals surface area contributed by atoms with E-state index < -0.39 is 20.8 Å². The molecule has 19 heteroatoms. The van der Waals surface area contributed by atoms with E-state index in [1.165, 1.54) is 24.3 Å². The van der Waals surface area contributed by atoms with E-state index in [-0.39, 0.29) is 27.7 Å². The van der Waals surface area contributed by atoms with Crippen molar-refractivity contribution in [2.75, 3.05) is 0 Å². The molecule has 17 nitrogen and oxygen atoms in total. The first kappa shape index (κ1) is 44.6. The van der Waals surface area contributed by atoms with Crippen LogP contribution >= 0.6 is 0 Å². The summed E-state index contributed by atoms with van der Waals surface area (Å²) in [5.74, 6) is 0. The minimum atomic E-state index is -4.67. The number of benzene rings is 4. The van der Waals surface area contributed by atoms with Crippen molar-refractivity contribution >= 4 is 64.4 Å². The molecule has 0 unspecified atom stereocenters. The third-order valence-corrected chi connectivity index (χ3v) is 6.53. The molecule has 55 heavy (non-hydrogen) atoms. The van der Waals surface area contributed by atoms with Gasteiger partial charge in [-0.3, -0.25) is 37.4 Å². The number of pyridine rings is 4. The van der Waals surface area contributed by atoms with E-state index in [9.17, 15) is 19.2 Å². The Morgan fingerprint density at radius 1 is 0.309 bits per heavy atom. The van der Waals surface area contributed by atoms with Crippen molar-refractivity contribution in [3.05, 3.63) is 187 Å². The van der Waals surface area contributed by atoms with Crippen LogP contribution in [-0.4, -0.2) is 60.5 Å². The van der Waals surface area contributed by atoms with Crippen molar-refractivity contribution < 1.29 is 40.5 Å². The van der Waals surface area contributed by atoms with Crippen LogP contribution in [0.3, 0.4) is 0 Å². The maximum absolute atomic E-state index is 10.8. The predicted octanol–water partition coefficient (Wildman–Crippen LogP) is 3.98. The first-order valence-corrected chi connectivity index (χ1v) is 18.0. The largest absolute Gasteiger partial charge is 0.412 e. The molecule has 4 heterocycles. The summed E-state index contributed by atoms with van der Waals surface area (Å²) in [5.41, 5.74) is 3.35. The summed E-state index contributed by atoms with van der Waals surface area (Å²) in [7, 11) is -9.33. The normalized spacial score (nSPS) is 10.3. The van der Waals surface area contributed by atoms with Gasteiger partial charge in [0.05, 0.1) is 0 Å². The Balaban J connectivity index is 0.000000234. The molecule has 0 amide bonds. The second-order valence-electron chi connectivity index (χ2n) is 10.5. The van der Waals surface area contributed by atoms with Crippen molar-refractivity contribution in [2.24, 2.45) is 0 Å². The number of hydrogen-bond donors (Lipinski definition) is 8. The number of hydrogen-bond acceptors (Lipinski definition) is 8. The van der Waals surface area contributed by atoms with Crippen LogP contribution in [-0.2, 0) is 20.8 Å². The summed E-state index contributed by atoms with van der Waals surface area (Å²) in [4.78, 5) is 54.2. The minimum Gasteiger partial charge on any atom is -0.412 e. The van der Waals surface area contributed by atoms with E-state index in [2.05, 4.69) is 19.9 Å². The molecule has 10 N–H and O–H groups in total. The number of fused-ring (bicyclic) bond motifs is 4. The lowest BCUT2D eigenvalue weighted by Crippen LogP contribution is -2.01. The van der Waals surface area contributed by atoms with Crippen LogP contribution in [0.1, 0.15) is 0 Å². The molecule has 4 aromatic heterocycles. The van der Waals surface area contributed by atoms with Gasteiger partial charge in [0.15, 0.2) is 0 Å². The highest BCUT2D eigenvalue weighted by molar-refractivity contribution is 7.80. The highest BCUT2D eigenvalue weighted by Crippen LogP contribution is 2.08. The maximum Gasteiger partial charge on any atom is 0.394 e. The van der Waals surface area contributed by atoms with Crippen molar-refractivity contribution in [1.82, 2.24) is 19.9 Å². The predicted molar refractivity (Wildman–Crippen MR) is 210 cm³/mol. The van der Waals surface area contributed by atoms with Gasteiger partial charge in [-0.2, -0.15) is 16.8 Å². The second-order valence-corrected chi connectivity index (χ2v) is 12.3.